The van der Waals surface area contributed by atoms with Crippen molar-refractivity contribution >= 4 is 5.97 Å². The molecule has 0 fully saturated rings. The molecule has 0 radical (unpaired) electrons. The number of aromatic nitrogens is 1. The first-order valence-electron chi connectivity index (χ1n) is 3.53. The summed E-state index contributed by atoms with van der Waals surface area (Å²) < 4.78 is 6.72. The molecule has 3 nitrogen and oxygen atoms in total. The van der Waals surface area contributed by atoms with Crippen molar-refractivity contribution in [3.63, 3.8) is 0 Å². The third-order valence-electron chi connectivity index (χ3n) is 1.32. The van der Waals surface area contributed by atoms with Gasteiger partial charge in [-0.05, 0) is 12.1 Å². The molecule has 0 N–H and O–H groups in total. The lowest BCUT2D eigenvalue weighted by atomic mass is 10.6. The Labute approximate surface area is 65.6 Å². The van der Waals surface area contributed by atoms with Crippen LogP contribution >= 0.6 is 0 Å². The summed E-state index contributed by atoms with van der Waals surface area (Å²) in [5, 5.41) is 0. The molecule has 1 aromatic rings. The van der Waals surface area contributed by atoms with Gasteiger partial charge in [0.15, 0.2) is 0 Å². The van der Waals surface area contributed by atoms with Crippen molar-refractivity contribution in [2.45, 2.75) is 13.5 Å². The first-order chi connectivity index (χ1) is 5.29. The number of carbonyl (C=O) groups excluding carboxylic acids is 1. The van der Waals surface area contributed by atoms with Gasteiger partial charge in [0, 0.05) is 19.3 Å². The molecule has 60 valence electrons. The van der Waals surface area contributed by atoms with Crippen LogP contribution in [-0.4, -0.2) is 17.1 Å². The number of hydrogen-bond donors (Lipinski definition) is 0. The second kappa shape index (κ2) is 3.81. The third-order valence-corrected chi connectivity index (χ3v) is 1.32. The molecule has 0 bridgehead atoms. The zero-order chi connectivity index (χ0) is 8.10. The Morgan fingerprint density at radius 1 is 1.45 bits per heavy atom. The average molecular weight is 153 g/mol. The maximum atomic E-state index is 10.3. The van der Waals surface area contributed by atoms with Crippen LogP contribution in [-0.2, 0) is 16.1 Å². The summed E-state index contributed by atoms with van der Waals surface area (Å²) in [7, 11) is 0. The molecule has 1 rings (SSSR count). The Kier molecular flexibility index (Phi) is 2.72. The van der Waals surface area contributed by atoms with E-state index in [0.717, 1.165) is 6.54 Å². The molecule has 0 unspecified atom stereocenters. The van der Waals surface area contributed by atoms with Crippen LogP contribution in [0.4, 0.5) is 0 Å². The largest absolute Gasteiger partial charge is 0.464 e. The number of esters is 1. The van der Waals surface area contributed by atoms with Crippen molar-refractivity contribution in [2.75, 3.05) is 6.61 Å². The van der Waals surface area contributed by atoms with Crippen molar-refractivity contribution in [2.24, 2.45) is 0 Å². The van der Waals surface area contributed by atoms with Crippen molar-refractivity contribution in [1.82, 2.24) is 4.57 Å². The monoisotopic (exact) mass is 153 g/mol. The molecule has 0 spiro atoms. The Morgan fingerprint density at radius 2 is 2.09 bits per heavy atom. The summed E-state index contributed by atoms with van der Waals surface area (Å²) in [5.41, 5.74) is 0. The molecule has 0 aliphatic rings. The summed E-state index contributed by atoms with van der Waals surface area (Å²) in [5.74, 6) is -0.225. The van der Waals surface area contributed by atoms with E-state index in [9.17, 15) is 4.79 Å². The fraction of sp³-hybridized carbons (Fsp3) is 0.375. The summed E-state index contributed by atoms with van der Waals surface area (Å²) in [6, 6.07) is 3.88. The van der Waals surface area contributed by atoms with E-state index in [0.29, 0.717) is 6.61 Å². The summed E-state index contributed by atoms with van der Waals surface area (Å²) >= 11 is 0. The summed E-state index contributed by atoms with van der Waals surface area (Å²) in [6.07, 6.45) is 3.87. The zero-order valence-corrected chi connectivity index (χ0v) is 6.49. The smallest absolute Gasteiger partial charge is 0.302 e. The lowest BCUT2D eigenvalue weighted by molar-refractivity contribution is -0.141. The molecule has 0 atom stereocenters. The molecule has 0 aromatic carbocycles. The summed E-state index contributed by atoms with van der Waals surface area (Å²) in [6.45, 7) is 2.59. The van der Waals surface area contributed by atoms with Crippen LogP contribution in [0.1, 0.15) is 6.92 Å². The molecule has 0 aliphatic heterocycles. The van der Waals surface area contributed by atoms with Crippen molar-refractivity contribution in [1.29, 1.82) is 0 Å². The predicted molar refractivity (Wildman–Crippen MR) is 41.1 cm³/mol. The highest BCUT2D eigenvalue weighted by Gasteiger charge is 1.91. The SMILES string of the molecule is CC(=O)OCCn1cccc1. The van der Waals surface area contributed by atoms with E-state index in [2.05, 4.69) is 0 Å². The zero-order valence-electron chi connectivity index (χ0n) is 6.49. The van der Waals surface area contributed by atoms with Crippen molar-refractivity contribution in [3.8, 4) is 0 Å². The average Bonchev–Trinajstić information content (AvgIpc) is 2.39. The normalized spacial score (nSPS) is 9.55. The lowest BCUT2D eigenvalue weighted by Crippen LogP contribution is -2.06. The minimum Gasteiger partial charge on any atom is -0.464 e. The van der Waals surface area contributed by atoms with Gasteiger partial charge >= 0.3 is 5.97 Å². The van der Waals surface area contributed by atoms with Gasteiger partial charge in [0.25, 0.3) is 0 Å². The molecule has 0 saturated heterocycles. The van der Waals surface area contributed by atoms with Crippen LogP contribution in [0, 0.1) is 0 Å². The minimum absolute atomic E-state index is 0.225. The molecule has 3 heteroatoms. The standard InChI is InChI=1S/C8H11NO2/c1-8(10)11-7-6-9-4-2-3-5-9/h2-5H,6-7H2,1H3. The number of hydrogen-bond acceptors (Lipinski definition) is 2. The number of ether oxygens (including phenoxy) is 1. The maximum absolute atomic E-state index is 10.3. The second-order valence-corrected chi connectivity index (χ2v) is 2.26. The van der Waals surface area contributed by atoms with E-state index in [1.54, 1.807) is 0 Å². The van der Waals surface area contributed by atoms with Gasteiger partial charge in [-0.1, -0.05) is 0 Å². The Bertz CT molecular complexity index is 216. The quantitative estimate of drug-likeness (QED) is 0.608. The molecule has 1 heterocycles. The molecule has 11 heavy (non-hydrogen) atoms. The lowest BCUT2D eigenvalue weighted by Gasteiger charge is -2.01. The van der Waals surface area contributed by atoms with Gasteiger partial charge in [-0.2, -0.15) is 0 Å². The van der Waals surface area contributed by atoms with Crippen LogP contribution in [0.5, 0.6) is 0 Å². The van der Waals surface area contributed by atoms with Gasteiger partial charge in [-0.25, -0.2) is 0 Å². The number of carbonyl (C=O) groups is 1. The fourth-order valence-electron chi connectivity index (χ4n) is 0.814. The van der Waals surface area contributed by atoms with Crippen molar-refractivity contribution in [3.05, 3.63) is 24.5 Å². The highest BCUT2D eigenvalue weighted by Crippen LogP contribution is 1.89. The van der Waals surface area contributed by atoms with Crippen LogP contribution in [0.3, 0.4) is 0 Å². The topological polar surface area (TPSA) is 31.2 Å². The van der Waals surface area contributed by atoms with E-state index in [1.807, 2.05) is 29.1 Å². The van der Waals surface area contributed by atoms with Crippen LogP contribution in [0.25, 0.3) is 0 Å². The molecular formula is C8H11NO2. The molecule has 0 saturated carbocycles. The first-order valence-corrected chi connectivity index (χ1v) is 3.53. The van der Waals surface area contributed by atoms with Crippen molar-refractivity contribution < 1.29 is 9.53 Å². The molecule has 1 aromatic heterocycles. The van der Waals surface area contributed by atoms with E-state index in [4.69, 9.17) is 4.74 Å². The molecule has 0 amide bonds. The first kappa shape index (κ1) is 7.85. The van der Waals surface area contributed by atoms with Gasteiger partial charge in [-0.3, -0.25) is 4.79 Å². The van der Waals surface area contributed by atoms with Gasteiger partial charge in [0.1, 0.15) is 6.61 Å². The highest BCUT2D eigenvalue weighted by molar-refractivity contribution is 5.65. The van der Waals surface area contributed by atoms with E-state index in [-0.39, 0.29) is 5.97 Å². The third kappa shape index (κ3) is 2.89. The second-order valence-electron chi connectivity index (χ2n) is 2.26. The molecular weight excluding hydrogens is 142 g/mol. The van der Waals surface area contributed by atoms with E-state index in [1.165, 1.54) is 6.92 Å². The van der Waals surface area contributed by atoms with E-state index < -0.39 is 0 Å². The fourth-order valence-corrected chi connectivity index (χ4v) is 0.814. The maximum Gasteiger partial charge on any atom is 0.302 e. The van der Waals surface area contributed by atoms with Gasteiger partial charge < -0.3 is 9.30 Å². The van der Waals surface area contributed by atoms with Gasteiger partial charge in [0.05, 0.1) is 6.54 Å². The highest BCUT2D eigenvalue weighted by atomic mass is 16.5. The summed E-state index contributed by atoms with van der Waals surface area (Å²) in [4.78, 5) is 10.3. The minimum atomic E-state index is -0.225. The predicted octanol–water partition coefficient (Wildman–Crippen LogP) is 1.05. The Hall–Kier alpha value is -1.25. The molecule has 0 aliphatic carbocycles. The van der Waals surface area contributed by atoms with Gasteiger partial charge in [-0.15, -0.1) is 0 Å². The van der Waals surface area contributed by atoms with Gasteiger partial charge in [0.2, 0.25) is 0 Å². The Balaban J connectivity index is 2.19. The Morgan fingerprint density at radius 3 is 2.64 bits per heavy atom. The number of rotatable bonds is 3. The van der Waals surface area contributed by atoms with E-state index >= 15 is 0 Å². The number of nitrogens with zero attached hydrogens (tertiary/aromatic N) is 1. The van der Waals surface area contributed by atoms with Crippen LogP contribution in [0.2, 0.25) is 0 Å². The van der Waals surface area contributed by atoms with Crippen LogP contribution in [0.15, 0.2) is 24.5 Å². The van der Waals surface area contributed by atoms with Crippen LogP contribution < -0.4 is 0 Å².